The van der Waals surface area contributed by atoms with Gasteiger partial charge in [-0.05, 0) is 55.2 Å². The second-order valence-electron chi connectivity index (χ2n) is 7.68. The van der Waals surface area contributed by atoms with Crippen molar-refractivity contribution in [2.45, 2.75) is 64.5 Å². The maximum Gasteiger partial charge on any atom is 0.220 e. The number of hydrogen-bond donors (Lipinski definition) is 2. The summed E-state index contributed by atoms with van der Waals surface area (Å²) in [5.41, 5.74) is 7.53. The molecule has 1 aromatic heterocycles. The summed E-state index contributed by atoms with van der Waals surface area (Å²) in [6, 6.07) is 2.62. The van der Waals surface area contributed by atoms with Crippen LogP contribution in [-0.4, -0.2) is 36.5 Å². The molecule has 2 aliphatic rings. The minimum atomic E-state index is 0. The van der Waals surface area contributed by atoms with Crippen LogP contribution >= 0.6 is 36.2 Å². The number of rotatable bonds is 6. The normalized spacial score (nSPS) is 20.2. The molecule has 2 heterocycles. The molecule has 4 nitrogen and oxygen atoms in total. The highest BCUT2D eigenvalue weighted by Gasteiger charge is 2.33. The molecule has 0 spiro atoms. The SMILES string of the molecule is CC(CNC(=O)CC1(CN)CCCCC1)N1CCc2sccc2C1.Cl.Cl. The summed E-state index contributed by atoms with van der Waals surface area (Å²) in [6.07, 6.45) is 7.70. The Morgan fingerprint density at radius 3 is 2.77 bits per heavy atom. The lowest BCUT2D eigenvalue weighted by molar-refractivity contribution is -0.124. The van der Waals surface area contributed by atoms with E-state index in [2.05, 4.69) is 28.6 Å². The monoisotopic (exact) mass is 421 g/mol. The van der Waals surface area contributed by atoms with Gasteiger partial charge in [0.1, 0.15) is 0 Å². The average Bonchev–Trinajstić information content (AvgIpc) is 3.08. The Kier molecular flexibility index (Phi) is 9.91. The van der Waals surface area contributed by atoms with E-state index in [4.69, 9.17) is 5.73 Å². The summed E-state index contributed by atoms with van der Waals surface area (Å²) in [4.78, 5) is 16.4. The van der Waals surface area contributed by atoms with Gasteiger partial charge < -0.3 is 11.1 Å². The molecule has 1 saturated carbocycles. The van der Waals surface area contributed by atoms with Gasteiger partial charge in [-0.25, -0.2) is 0 Å². The van der Waals surface area contributed by atoms with Crippen molar-refractivity contribution in [1.82, 2.24) is 10.2 Å². The lowest BCUT2D eigenvalue weighted by atomic mass is 9.71. The summed E-state index contributed by atoms with van der Waals surface area (Å²) < 4.78 is 0. The number of carbonyl (C=O) groups excluding carboxylic acids is 1. The number of fused-ring (bicyclic) bond motifs is 1. The van der Waals surface area contributed by atoms with E-state index < -0.39 is 0 Å². The van der Waals surface area contributed by atoms with Crippen molar-refractivity contribution in [2.24, 2.45) is 11.1 Å². The maximum absolute atomic E-state index is 12.4. The summed E-state index contributed by atoms with van der Waals surface area (Å²) in [5.74, 6) is 0.183. The Balaban J connectivity index is 0.00000169. The van der Waals surface area contributed by atoms with Crippen LogP contribution in [-0.2, 0) is 17.8 Å². The van der Waals surface area contributed by atoms with Crippen molar-refractivity contribution in [2.75, 3.05) is 19.6 Å². The number of nitrogens with zero attached hydrogens (tertiary/aromatic N) is 1. The van der Waals surface area contributed by atoms with Crippen LogP contribution in [0.25, 0.3) is 0 Å². The quantitative estimate of drug-likeness (QED) is 0.734. The first-order valence-electron chi connectivity index (χ1n) is 9.38. The molecule has 1 amide bonds. The third-order valence-corrected chi connectivity index (χ3v) is 6.96. The lowest BCUT2D eigenvalue weighted by Crippen LogP contribution is -2.45. The molecule has 150 valence electrons. The first kappa shape index (κ1) is 23.7. The van der Waals surface area contributed by atoms with Crippen molar-refractivity contribution in [3.8, 4) is 0 Å². The van der Waals surface area contributed by atoms with Gasteiger partial charge in [0.15, 0.2) is 0 Å². The first-order valence-corrected chi connectivity index (χ1v) is 10.3. The predicted molar refractivity (Wildman–Crippen MR) is 115 cm³/mol. The van der Waals surface area contributed by atoms with Gasteiger partial charge >= 0.3 is 0 Å². The Bertz CT molecular complexity index is 561. The molecule has 0 bridgehead atoms. The standard InChI is InChI=1S/C19H31N3OS.2ClH/c1-15(22-9-5-17-16(13-22)6-10-24-17)12-21-18(23)11-19(14-20)7-3-2-4-8-19;;/h6,10,15H,2-5,7-9,11-14,20H2,1H3,(H,21,23);2*1H. The molecule has 0 aromatic carbocycles. The zero-order valence-corrected chi connectivity index (χ0v) is 18.1. The van der Waals surface area contributed by atoms with Crippen LogP contribution in [0, 0.1) is 5.41 Å². The smallest absolute Gasteiger partial charge is 0.220 e. The molecule has 1 aromatic rings. The summed E-state index contributed by atoms with van der Waals surface area (Å²) in [6.45, 7) is 5.71. The maximum atomic E-state index is 12.4. The van der Waals surface area contributed by atoms with Crippen LogP contribution < -0.4 is 11.1 Å². The van der Waals surface area contributed by atoms with Crippen molar-refractivity contribution in [3.63, 3.8) is 0 Å². The van der Waals surface area contributed by atoms with E-state index in [1.54, 1.807) is 0 Å². The fraction of sp³-hybridized carbons (Fsp3) is 0.737. The van der Waals surface area contributed by atoms with Gasteiger partial charge in [0.25, 0.3) is 0 Å². The second-order valence-corrected chi connectivity index (χ2v) is 8.68. The van der Waals surface area contributed by atoms with E-state index in [0.717, 1.165) is 38.9 Å². The number of carbonyl (C=O) groups is 1. The minimum Gasteiger partial charge on any atom is -0.355 e. The van der Waals surface area contributed by atoms with Crippen molar-refractivity contribution in [3.05, 3.63) is 21.9 Å². The molecule has 1 atom stereocenters. The molecule has 1 aliphatic heterocycles. The molecule has 3 rings (SSSR count). The van der Waals surface area contributed by atoms with Crippen LogP contribution in [0.3, 0.4) is 0 Å². The molecule has 1 unspecified atom stereocenters. The topological polar surface area (TPSA) is 58.4 Å². The van der Waals surface area contributed by atoms with Crippen LogP contribution in [0.2, 0.25) is 0 Å². The van der Waals surface area contributed by atoms with Crippen molar-refractivity contribution < 1.29 is 4.79 Å². The fourth-order valence-electron chi connectivity index (χ4n) is 4.20. The highest BCUT2D eigenvalue weighted by Crippen LogP contribution is 2.38. The minimum absolute atomic E-state index is 0. The molecule has 3 N–H and O–H groups in total. The molecular formula is C19H33Cl2N3OS. The number of thiophene rings is 1. The molecule has 1 aliphatic carbocycles. The number of nitrogens with two attached hydrogens (primary N) is 1. The molecule has 26 heavy (non-hydrogen) atoms. The van der Waals surface area contributed by atoms with Gasteiger partial charge in [-0.1, -0.05) is 19.3 Å². The lowest BCUT2D eigenvalue weighted by Gasteiger charge is -2.36. The third kappa shape index (κ3) is 5.83. The van der Waals surface area contributed by atoms with E-state index >= 15 is 0 Å². The van der Waals surface area contributed by atoms with Crippen molar-refractivity contribution in [1.29, 1.82) is 0 Å². The molecule has 0 radical (unpaired) electrons. The Morgan fingerprint density at radius 2 is 2.08 bits per heavy atom. The van der Waals surface area contributed by atoms with Crippen LogP contribution in [0.5, 0.6) is 0 Å². The fourth-order valence-corrected chi connectivity index (χ4v) is 5.08. The van der Waals surface area contributed by atoms with Gasteiger partial charge in [0, 0.05) is 37.0 Å². The second kappa shape index (κ2) is 10.9. The van der Waals surface area contributed by atoms with E-state index in [1.807, 2.05) is 11.3 Å². The Hall–Kier alpha value is -0.330. The number of hydrogen-bond acceptors (Lipinski definition) is 4. The molecule has 1 fully saturated rings. The first-order chi connectivity index (χ1) is 11.6. The zero-order valence-electron chi connectivity index (χ0n) is 15.7. The van der Waals surface area contributed by atoms with Crippen molar-refractivity contribution >= 4 is 42.1 Å². The molecule has 0 saturated heterocycles. The van der Waals surface area contributed by atoms with Crippen LogP contribution in [0.1, 0.15) is 55.9 Å². The highest BCUT2D eigenvalue weighted by molar-refractivity contribution is 7.10. The van der Waals surface area contributed by atoms with E-state index in [0.29, 0.717) is 19.0 Å². The largest absolute Gasteiger partial charge is 0.355 e. The van der Waals surface area contributed by atoms with Gasteiger partial charge in [-0.3, -0.25) is 9.69 Å². The number of amides is 1. The third-order valence-electron chi connectivity index (χ3n) is 5.94. The van der Waals surface area contributed by atoms with E-state index in [1.165, 1.54) is 29.7 Å². The molecular weight excluding hydrogens is 389 g/mol. The van der Waals surface area contributed by atoms with Gasteiger partial charge in [-0.15, -0.1) is 36.2 Å². The Labute approximate surface area is 174 Å². The summed E-state index contributed by atoms with van der Waals surface area (Å²) in [7, 11) is 0. The van der Waals surface area contributed by atoms with Gasteiger partial charge in [0.2, 0.25) is 5.91 Å². The van der Waals surface area contributed by atoms with E-state index in [-0.39, 0.29) is 36.1 Å². The predicted octanol–water partition coefficient (Wildman–Crippen LogP) is 3.75. The number of halogens is 2. The Morgan fingerprint density at radius 1 is 1.35 bits per heavy atom. The van der Waals surface area contributed by atoms with Gasteiger partial charge in [-0.2, -0.15) is 0 Å². The summed E-state index contributed by atoms with van der Waals surface area (Å²) in [5, 5.41) is 5.36. The average molecular weight is 422 g/mol. The van der Waals surface area contributed by atoms with Crippen LogP contribution in [0.4, 0.5) is 0 Å². The summed E-state index contributed by atoms with van der Waals surface area (Å²) >= 11 is 1.87. The number of nitrogens with one attached hydrogen (secondary N) is 1. The highest BCUT2D eigenvalue weighted by atomic mass is 35.5. The van der Waals surface area contributed by atoms with E-state index in [9.17, 15) is 4.79 Å². The zero-order chi connectivity index (χ0) is 17.0. The van der Waals surface area contributed by atoms with Gasteiger partial charge in [0.05, 0.1) is 0 Å². The molecule has 7 heteroatoms. The van der Waals surface area contributed by atoms with Crippen LogP contribution in [0.15, 0.2) is 11.4 Å².